The third kappa shape index (κ3) is 2.38. The predicted molar refractivity (Wildman–Crippen MR) is 68.6 cm³/mol. The van der Waals surface area contributed by atoms with Gasteiger partial charge in [0.05, 0.1) is 6.26 Å². The van der Waals surface area contributed by atoms with Crippen LogP contribution in [0.25, 0.3) is 17.0 Å². The van der Waals surface area contributed by atoms with Crippen LogP contribution in [0, 0.1) is 13.8 Å². The highest BCUT2D eigenvalue weighted by Gasteiger charge is 2.05. The van der Waals surface area contributed by atoms with E-state index in [1.54, 1.807) is 0 Å². The number of aryl methyl sites for hydroxylation is 2. The van der Waals surface area contributed by atoms with Crippen molar-refractivity contribution in [1.29, 1.82) is 0 Å². The maximum Gasteiger partial charge on any atom is 0.307 e. The molecule has 0 unspecified atom stereocenters. The zero-order valence-corrected chi connectivity index (χ0v) is 10.2. The molecule has 1 heterocycles. The predicted octanol–water partition coefficient (Wildman–Crippen LogP) is 3.32. The molecule has 0 bridgehead atoms. The first kappa shape index (κ1) is 11.5. The summed E-state index contributed by atoms with van der Waals surface area (Å²) in [5.74, 6) is -0.310. The third-order valence-electron chi connectivity index (χ3n) is 2.66. The molecule has 88 valence electrons. The summed E-state index contributed by atoms with van der Waals surface area (Å²) >= 11 is 0. The van der Waals surface area contributed by atoms with Gasteiger partial charge in [-0.15, -0.1) is 0 Å². The maximum absolute atomic E-state index is 10.7. The van der Waals surface area contributed by atoms with E-state index in [1.165, 1.54) is 18.7 Å². The van der Waals surface area contributed by atoms with Crippen molar-refractivity contribution >= 4 is 22.9 Å². The lowest BCUT2D eigenvalue weighted by Crippen LogP contribution is -1.89. The Morgan fingerprint density at radius 3 is 2.82 bits per heavy atom. The fourth-order valence-corrected chi connectivity index (χ4v) is 1.87. The van der Waals surface area contributed by atoms with Gasteiger partial charge in [0.2, 0.25) is 0 Å². The number of aromatic nitrogens is 1. The van der Waals surface area contributed by atoms with Crippen LogP contribution in [0.15, 0.2) is 24.5 Å². The second-order valence-electron chi connectivity index (χ2n) is 4.12. The first-order valence-corrected chi connectivity index (χ1v) is 5.50. The number of hydrogen-bond donors (Lipinski definition) is 1. The zero-order valence-electron chi connectivity index (χ0n) is 10.2. The summed E-state index contributed by atoms with van der Waals surface area (Å²) in [5.41, 5.74) is 4.42. The molecule has 3 nitrogen and oxygen atoms in total. The van der Waals surface area contributed by atoms with Gasteiger partial charge in [0.1, 0.15) is 0 Å². The van der Waals surface area contributed by atoms with Gasteiger partial charge < -0.3 is 9.72 Å². The molecule has 3 heteroatoms. The number of aromatic amines is 1. The number of rotatable bonds is 2. The highest BCUT2D eigenvalue weighted by atomic mass is 16.5. The van der Waals surface area contributed by atoms with Gasteiger partial charge in [0.25, 0.3) is 0 Å². The Bertz CT molecular complexity index is 594. The minimum Gasteiger partial charge on any atom is -0.435 e. The van der Waals surface area contributed by atoms with Crippen molar-refractivity contribution in [1.82, 2.24) is 4.98 Å². The van der Waals surface area contributed by atoms with E-state index < -0.39 is 0 Å². The van der Waals surface area contributed by atoms with E-state index in [0.717, 1.165) is 22.2 Å². The number of ether oxygens (including phenoxy) is 1. The van der Waals surface area contributed by atoms with E-state index in [2.05, 4.69) is 30.1 Å². The van der Waals surface area contributed by atoms with Crippen molar-refractivity contribution < 1.29 is 9.53 Å². The van der Waals surface area contributed by atoms with Crippen LogP contribution in [0.4, 0.5) is 0 Å². The van der Waals surface area contributed by atoms with Crippen molar-refractivity contribution in [3.8, 4) is 0 Å². The first-order valence-electron chi connectivity index (χ1n) is 5.50. The molecule has 0 saturated carbocycles. The van der Waals surface area contributed by atoms with Crippen LogP contribution in [0.5, 0.6) is 0 Å². The molecule has 2 rings (SSSR count). The summed E-state index contributed by atoms with van der Waals surface area (Å²) in [6.45, 7) is 5.45. The second-order valence-corrected chi connectivity index (χ2v) is 4.12. The Labute approximate surface area is 100 Å². The summed E-state index contributed by atoms with van der Waals surface area (Å²) < 4.78 is 4.82. The normalized spacial score (nSPS) is 11.2. The molecule has 0 spiro atoms. The van der Waals surface area contributed by atoms with E-state index in [1.807, 2.05) is 13.0 Å². The van der Waals surface area contributed by atoms with Gasteiger partial charge >= 0.3 is 5.97 Å². The highest BCUT2D eigenvalue weighted by molar-refractivity contribution is 5.91. The molecule has 17 heavy (non-hydrogen) atoms. The van der Waals surface area contributed by atoms with Crippen molar-refractivity contribution in [2.24, 2.45) is 0 Å². The van der Waals surface area contributed by atoms with Crippen molar-refractivity contribution in [3.05, 3.63) is 41.3 Å². The van der Waals surface area contributed by atoms with Crippen molar-refractivity contribution in [2.75, 3.05) is 0 Å². The lowest BCUT2D eigenvalue weighted by molar-refractivity contribution is -0.135. The topological polar surface area (TPSA) is 42.1 Å². The Balaban J connectivity index is 2.45. The summed E-state index contributed by atoms with van der Waals surface area (Å²) in [7, 11) is 0. The minimum absolute atomic E-state index is 0.310. The summed E-state index contributed by atoms with van der Waals surface area (Å²) in [5, 5.41) is 1.14. The first-order chi connectivity index (χ1) is 8.08. The molecule has 0 aliphatic rings. The molecule has 1 N–H and O–H groups in total. The Kier molecular flexibility index (Phi) is 3.00. The fourth-order valence-electron chi connectivity index (χ4n) is 1.87. The lowest BCUT2D eigenvalue weighted by Gasteiger charge is -1.96. The number of esters is 1. The molecular formula is C14H15NO2. The summed E-state index contributed by atoms with van der Waals surface area (Å²) in [6, 6.07) is 6.24. The van der Waals surface area contributed by atoms with Crippen LogP contribution in [0.3, 0.4) is 0 Å². The van der Waals surface area contributed by atoms with Gasteiger partial charge in [-0.25, -0.2) is 0 Å². The molecular weight excluding hydrogens is 214 g/mol. The number of carbonyl (C=O) groups excluding carboxylic acids is 1. The number of benzene rings is 1. The SMILES string of the molecule is CC(=O)O/C=C/c1c(C)[nH]c2ccc(C)cc12. The molecule has 0 aliphatic carbocycles. The molecule has 1 aromatic heterocycles. The molecule has 0 radical (unpaired) electrons. The Morgan fingerprint density at radius 1 is 1.35 bits per heavy atom. The highest BCUT2D eigenvalue weighted by Crippen LogP contribution is 2.24. The van der Waals surface area contributed by atoms with E-state index in [9.17, 15) is 4.79 Å². The Morgan fingerprint density at radius 2 is 2.12 bits per heavy atom. The van der Waals surface area contributed by atoms with Crippen LogP contribution in [0.1, 0.15) is 23.7 Å². The molecule has 0 aliphatic heterocycles. The fraction of sp³-hybridized carbons (Fsp3) is 0.214. The summed E-state index contributed by atoms with van der Waals surface area (Å²) in [4.78, 5) is 14.0. The van der Waals surface area contributed by atoms with E-state index in [4.69, 9.17) is 4.74 Å². The molecule has 0 atom stereocenters. The van der Waals surface area contributed by atoms with Crippen LogP contribution in [0.2, 0.25) is 0 Å². The molecule has 0 amide bonds. The quantitative estimate of drug-likeness (QED) is 0.634. The van der Waals surface area contributed by atoms with Gasteiger partial charge in [0.15, 0.2) is 0 Å². The maximum atomic E-state index is 10.7. The number of carbonyl (C=O) groups is 1. The average Bonchev–Trinajstić information content (AvgIpc) is 2.55. The van der Waals surface area contributed by atoms with E-state index in [-0.39, 0.29) is 5.97 Å². The van der Waals surface area contributed by atoms with Crippen molar-refractivity contribution in [3.63, 3.8) is 0 Å². The van der Waals surface area contributed by atoms with Crippen LogP contribution in [-0.4, -0.2) is 11.0 Å². The smallest absolute Gasteiger partial charge is 0.307 e. The standard InChI is InChI=1S/C14H15NO2/c1-9-4-5-14-13(8-9)12(10(2)15-14)6-7-17-11(3)16/h4-8,15H,1-3H3/b7-6+. The zero-order chi connectivity index (χ0) is 12.4. The van der Waals surface area contributed by atoms with E-state index in [0.29, 0.717) is 0 Å². The van der Waals surface area contributed by atoms with Gasteiger partial charge in [-0.2, -0.15) is 0 Å². The van der Waals surface area contributed by atoms with Gasteiger partial charge in [-0.1, -0.05) is 11.6 Å². The monoisotopic (exact) mass is 229 g/mol. The third-order valence-corrected chi connectivity index (χ3v) is 2.66. The number of fused-ring (bicyclic) bond motifs is 1. The number of nitrogens with one attached hydrogen (secondary N) is 1. The number of hydrogen-bond acceptors (Lipinski definition) is 2. The van der Waals surface area contributed by atoms with E-state index >= 15 is 0 Å². The Hall–Kier alpha value is -2.03. The van der Waals surface area contributed by atoms with Crippen LogP contribution < -0.4 is 0 Å². The van der Waals surface area contributed by atoms with Crippen LogP contribution in [-0.2, 0) is 9.53 Å². The average molecular weight is 229 g/mol. The lowest BCUT2D eigenvalue weighted by atomic mass is 10.1. The summed E-state index contributed by atoms with van der Waals surface area (Å²) in [6.07, 6.45) is 3.25. The van der Waals surface area contributed by atoms with Gasteiger partial charge in [-0.3, -0.25) is 4.79 Å². The number of H-pyrrole nitrogens is 1. The largest absolute Gasteiger partial charge is 0.435 e. The molecule has 0 fully saturated rings. The molecule has 1 aromatic carbocycles. The molecule has 0 saturated heterocycles. The van der Waals surface area contributed by atoms with Gasteiger partial charge in [0, 0.05) is 29.1 Å². The molecule has 2 aromatic rings. The minimum atomic E-state index is -0.310. The second kappa shape index (κ2) is 4.45. The van der Waals surface area contributed by atoms with Crippen molar-refractivity contribution in [2.45, 2.75) is 20.8 Å². The van der Waals surface area contributed by atoms with Gasteiger partial charge in [-0.05, 0) is 32.1 Å². The van der Waals surface area contributed by atoms with Crippen LogP contribution >= 0.6 is 0 Å².